The van der Waals surface area contributed by atoms with Gasteiger partial charge in [0.2, 0.25) is 0 Å². The Morgan fingerprint density at radius 2 is 1.70 bits per heavy atom. The molecule has 7 heteroatoms. The number of carbonyl (C=O) groups is 2. The number of aryl methyl sites for hydroxylation is 1. The number of fused-ring (bicyclic) bond motifs is 2. The maximum Gasteiger partial charge on any atom is 0.259 e. The van der Waals surface area contributed by atoms with Gasteiger partial charge in [0, 0.05) is 59.0 Å². The lowest BCUT2D eigenvalue weighted by Crippen LogP contribution is -2.22. The average Bonchev–Trinajstić information content (AvgIpc) is 3.39. The second-order valence-electron chi connectivity index (χ2n) is 7.30. The van der Waals surface area contributed by atoms with Gasteiger partial charge in [-0.15, -0.1) is 0 Å². The smallest absolute Gasteiger partial charge is 0.259 e. The third kappa shape index (κ3) is 2.71. The van der Waals surface area contributed by atoms with Gasteiger partial charge < -0.3 is 19.8 Å². The van der Waals surface area contributed by atoms with Gasteiger partial charge in [-0.25, -0.2) is 0 Å². The van der Waals surface area contributed by atoms with Crippen molar-refractivity contribution >= 4 is 44.8 Å². The van der Waals surface area contributed by atoms with E-state index in [1.54, 1.807) is 24.4 Å². The third-order valence-electron chi connectivity index (χ3n) is 5.48. The highest BCUT2D eigenvalue weighted by Crippen LogP contribution is 2.38. The summed E-state index contributed by atoms with van der Waals surface area (Å²) in [5, 5.41) is 23.2. The molecule has 0 radical (unpaired) electrons. The summed E-state index contributed by atoms with van der Waals surface area (Å²) < 4.78 is 1.89. The molecule has 0 spiro atoms. The number of aliphatic hydroxyl groups is 1. The van der Waals surface area contributed by atoms with E-state index in [0.29, 0.717) is 35.2 Å². The van der Waals surface area contributed by atoms with Crippen LogP contribution in [0, 0.1) is 0 Å². The minimum atomic E-state index is -0.449. The number of benzene rings is 2. The molecule has 7 nitrogen and oxygen atoms in total. The maximum absolute atomic E-state index is 12.9. The topological polar surface area (TPSA) is 107 Å². The molecule has 1 aliphatic heterocycles. The van der Waals surface area contributed by atoms with Crippen LogP contribution in [0.1, 0.15) is 17.5 Å². The zero-order chi connectivity index (χ0) is 20.8. The number of para-hydroxylation sites is 1. The molecule has 4 N–H and O–H groups in total. The number of aromatic nitrogens is 2. The van der Waals surface area contributed by atoms with E-state index in [-0.39, 0.29) is 12.4 Å². The lowest BCUT2D eigenvalue weighted by atomic mass is 9.95. The summed E-state index contributed by atoms with van der Waals surface area (Å²) in [5.41, 5.74) is 3.53. The molecule has 0 aliphatic carbocycles. The van der Waals surface area contributed by atoms with Crippen LogP contribution < -0.4 is 5.32 Å². The Bertz CT molecular complexity index is 1360. The van der Waals surface area contributed by atoms with Gasteiger partial charge in [-0.2, -0.15) is 0 Å². The summed E-state index contributed by atoms with van der Waals surface area (Å²) in [6.45, 7) is 0.539. The second kappa shape index (κ2) is 6.89. The SMILES string of the molecule is O=C1NC(=O)C(c2cn(CCCO)c3cc(O)ccc23)=C1c1c[nH]c2ccccc12. The number of hydrogen-bond donors (Lipinski definition) is 4. The van der Waals surface area contributed by atoms with E-state index >= 15 is 0 Å². The number of phenols is 1. The van der Waals surface area contributed by atoms with Gasteiger partial charge in [0.15, 0.2) is 0 Å². The van der Waals surface area contributed by atoms with Gasteiger partial charge in [0.05, 0.1) is 16.7 Å². The molecule has 0 atom stereocenters. The molecular formula is C23H19N3O4. The molecule has 0 bridgehead atoms. The number of nitrogens with one attached hydrogen (secondary N) is 2. The second-order valence-corrected chi connectivity index (χ2v) is 7.30. The van der Waals surface area contributed by atoms with Crippen molar-refractivity contribution in [2.75, 3.05) is 6.61 Å². The fourth-order valence-corrected chi connectivity index (χ4v) is 4.15. The zero-order valence-electron chi connectivity index (χ0n) is 16.0. The predicted molar refractivity (Wildman–Crippen MR) is 114 cm³/mol. The van der Waals surface area contributed by atoms with Gasteiger partial charge in [0.25, 0.3) is 11.8 Å². The Morgan fingerprint density at radius 1 is 0.933 bits per heavy atom. The summed E-state index contributed by atoms with van der Waals surface area (Å²) in [4.78, 5) is 28.8. The fourth-order valence-electron chi connectivity index (χ4n) is 4.15. The average molecular weight is 401 g/mol. The highest BCUT2D eigenvalue weighted by atomic mass is 16.3. The van der Waals surface area contributed by atoms with Gasteiger partial charge in [-0.05, 0) is 24.6 Å². The van der Waals surface area contributed by atoms with Crippen LogP contribution in [-0.2, 0) is 16.1 Å². The predicted octanol–water partition coefficient (Wildman–Crippen LogP) is 2.78. The number of amides is 2. The van der Waals surface area contributed by atoms with E-state index in [4.69, 9.17) is 0 Å². The number of carbonyl (C=O) groups excluding carboxylic acids is 2. The Balaban J connectivity index is 1.80. The van der Waals surface area contributed by atoms with Crippen LogP contribution >= 0.6 is 0 Å². The quantitative estimate of drug-likeness (QED) is 0.386. The molecule has 1 aliphatic rings. The van der Waals surface area contributed by atoms with E-state index in [2.05, 4.69) is 10.3 Å². The molecule has 2 amide bonds. The molecule has 2 aromatic heterocycles. The van der Waals surface area contributed by atoms with Crippen LogP contribution in [0.25, 0.3) is 33.0 Å². The molecule has 30 heavy (non-hydrogen) atoms. The van der Waals surface area contributed by atoms with Crippen molar-refractivity contribution < 1.29 is 19.8 Å². The summed E-state index contributed by atoms with van der Waals surface area (Å²) in [7, 11) is 0. The van der Waals surface area contributed by atoms with E-state index in [1.165, 1.54) is 0 Å². The summed E-state index contributed by atoms with van der Waals surface area (Å²) in [5.74, 6) is -0.778. The molecule has 150 valence electrons. The van der Waals surface area contributed by atoms with E-state index in [0.717, 1.165) is 21.8 Å². The number of imide groups is 1. The summed E-state index contributed by atoms with van der Waals surface area (Å²) in [6, 6.07) is 12.5. The zero-order valence-corrected chi connectivity index (χ0v) is 16.0. The number of aliphatic hydroxyl groups excluding tert-OH is 1. The Hall–Kier alpha value is -3.84. The molecule has 0 saturated heterocycles. The van der Waals surface area contributed by atoms with Crippen molar-refractivity contribution in [2.45, 2.75) is 13.0 Å². The number of aromatic amines is 1. The molecule has 0 saturated carbocycles. The Labute approximate surface area is 171 Å². The maximum atomic E-state index is 12.9. The van der Waals surface area contributed by atoms with Crippen LogP contribution in [0.15, 0.2) is 54.9 Å². The molecule has 3 heterocycles. The van der Waals surface area contributed by atoms with Gasteiger partial charge in [-0.3, -0.25) is 14.9 Å². The number of phenolic OH excluding ortho intramolecular Hbond substituents is 1. The van der Waals surface area contributed by atoms with Crippen molar-refractivity contribution in [1.82, 2.24) is 14.9 Å². The lowest BCUT2D eigenvalue weighted by molar-refractivity contribution is -0.122. The van der Waals surface area contributed by atoms with E-state index in [9.17, 15) is 19.8 Å². The van der Waals surface area contributed by atoms with Crippen molar-refractivity contribution in [1.29, 1.82) is 0 Å². The first-order valence-corrected chi connectivity index (χ1v) is 9.68. The Morgan fingerprint density at radius 3 is 2.50 bits per heavy atom. The highest BCUT2D eigenvalue weighted by Gasteiger charge is 2.35. The molecule has 0 unspecified atom stereocenters. The molecule has 4 aromatic rings. The molecular weight excluding hydrogens is 382 g/mol. The van der Waals surface area contributed by atoms with Crippen molar-refractivity contribution in [3.8, 4) is 5.75 Å². The standard InChI is InChI=1S/C23H19N3O4/c27-9-3-8-26-12-17(15-7-6-13(28)10-19(15)26)21-20(22(29)25-23(21)30)16-11-24-18-5-2-1-4-14(16)18/h1-2,4-7,10-12,24,27-28H,3,8-9H2,(H,25,29,30). The van der Waals surface area contributed by atoms with Crippen LogP contribution in [-0.4, -0.2) is 38.2 Å². The molecule has 2 aromatic carbocycles. The fraction of sp³-hybridized carbons (Fsp3) is 0.130. The van der Waals surface area contributed by atoms with Crippen molar-refractivity contribution in [3.63, 3.8) is 0 Å². The van der Waals surface area contributed by atoms with Crippen LogP contribution in [0.5, 0.6) is 5.75 Å². The number of H-pyrrole nitrogens is 1. The van der Waals surface area contributed by atoms with Gasteiger partial charge >= 0.3 is 0 Å². The summed E-state index contributed by atoms with van der Waals surface area (Å²) >= 11 is 0. The monoisotopic (exact) mass is 401 g/mol. The highest BCUT2D eigenvalue weighted by molar-refractivity contribution is 6.50. The van der Waals surface area contributed by atoms with Gasteiger partial charge in [-0.1, -0.05) is 18.2 Å². The lowest BCUT2D eigenvalue weighted by Gasteiger charge is -2.03. The number of rotatable bonds is 5. The van der Waals surface area contributed by atoms with Crippen LogP contribution in [0.3, 0.4) is 0 Å². The van der Waals surface area contributed by atoms with Crippen LogP contribution in [0.2, 0.25) is 0 Å². The van der Waals surface area contributed by atoms with Crippen molar-refractivity contribution in [2.24, 2.45) is 0 Å². The first-order valence-electron chi connectivity index (χ1n) is 9.68. The number of aromatic hydroxyl groups is 1. The number of hydrogen-bond acceptors (Lipinski definition) is 4. The van der Waals surface area contributed by atoms with E-state index in [1.807, 2.05) is 35.0 Å². The first kappa shape index (κ1) is 18.2. The largest absolute Gasteiger partial charge is 0.508 e. The molecule has 5 rings (SSSR count). The van der Waals surface area contributed by atoms with Gasteiger partial charge in [0.1, 0.15) is 5.75 Å². The molecule has 0 fully saturated rings. The van der Waals surface area contributed by atoms with Crippen molar-refractivity contribution in [3.05, 3.63) is 66.0 Å². The minimum absolute atomic E-state index is 0.0239. The van der Waals surface area contributed by atoms with Crippen LogP contribution in [0.4, 0.5) is 0 Å². The normalized spacial score (nSPS) is 14.3. The Kier molecular flexibility index (Phi) is 4.18. The number of nitrogens with zero attached hydrogens (tertiary/aromatic N) is 1. The minimum Gasteiger partial charge on any atom is -0.508 e. The summed E-state index contributed by atoms with van der Waals surface area (Å²) in [6.07, 6.45) is 4.08. The van der Waals surface area contributed by atoms with E-state index < -0.39 is 11.8 Å². The first-order chi connectivity index (χ1) is 14.6. The third-order valence-corrected chi connectivity index (χ3v) is 5.48.